The molecule has 2 rings (SSSR count). The van der Waals surface area contributed by atoms with Crippen LogP contribution in [-0.4, -0.2) is 34.5 Å². The lowest BCUT2D eigenvalue weighted by molar-refractivity contribution is -0.150. The summed E-state index contributed by atoms with van der Waals surface area (Å²) < 4.78 is 5.53. The van der Waals surface area contributed by atoms with Gasteiger partial charge in [-0.1, -0.05) is 55.5 Å². The van der Waals surface area contributed by atoms with Crippen molar-refractivity contribution in [3.05, 3.63) is 48.6 Å². The van der Waals surface area contributed by atoms with Crippen LogP contribution in [-0.2, 0) is 9.53 Å². The SMILES string of the molecule is CCC=CCC=CCC(O)C=CC(O)C1CC1C1CC=CCCC(=O)O1. The van der Waals surface area contributed by atoms with Gasteiger partial charge in [0.25, 0.3) is 0 Å². The van der Waals surface area contributed by atoms with Gasteiger partial charge >= 0.3 is 5.97 Å². The molecule has 2 N–H and O–H groups in total. The van der Waals surface area contributed by atoms with E-state index in [9.17, 15) is 15.0 Å². The summed E-state index contributed by atoms with van der Waals surface area (Å²) in [5.41, 5.74) is 0. The predicted molar refractivity (Wildman–Crippen MR) is 103 cm³/mol. The molecule has 5 atom stereocenters. The first-order chi connectivity index (χ1) is 12.6. The third kappa shape index (κ3) is 7.30. The number of carbonyl (C=O) groups is 1. The summed E-state index contributed by atoms with van der Waals surface area (Å²) in [6, 6.07) is 0. The highest BCUT2D eigenvalue weighted by atomic mass is 16.5. The first-order valence-corrected chi connectivity index (χ1v) is 9.80. The van der Waals surface area contributed by atoms with Gasteiger partial charge in [0.05, 0.1) is 12.2 Å². The molecule has 4 heteroatoms. The summed E-state index contributed by atoms with van der Waals surface area (Å²) in [6.07, 6.45) is 19.6. The number of aliphatic hydroxyl groups is 2. The number of carbonyl (C=O) groups excluding carboxylic acids is 1. The summed E-state index contributed by atoms with van der Waals surface area (Å²) >= 11 is 0. The lowest BCUT2D eigenvalue weighted by Crippen LogP contribution is -2.23. The molecule has 0 saturated heterocycles. The fourth-order valence-corrected chi connectivity index (χ4v) is 3.28. The quantitative estimate of drug-likeness (QED) is 0.484. The van der Waals surface area contributed by atoms with E-state index in [4.69, 9.17) is 4.74 Å². The number of hydrogen-bond acceptors (Lipinski definition) is 4. The normalized spacial score (nSPS) is 29.0. The lowest BCUT2D eigenvalue weighted by atomic mass is 10.0. The van der Waals surface area contributed by atoms with Crippen LogP contribution < -0.4 is 0 Å². The molecule has 0 radical (unpaired) electrons. The highest BCUT2D eigenvalue weighted by Gasteiger charge is 2.47. The summed E-state index contributed by atoms with van der Waals surface area (Å²) in [7, 11) is 0. The van der Waals surface area contributed by atoms with Crippen LogP contribution >= 0.6 is 0 Å². The van der Waals surface area contributed by atoms with Crippen LogP contribution in [0, 0.1) is 11.8 Å². The molecule has 1 saturated carbocycles. The Bertz CT molecular complexity index is 546. The molecule has 144 valence electrons. The Balaban J connectivity index is 1.72. The van der Waals surface area contributed by atoms with Crippen LogP contribution in [0.15, 0.2) is 48.6 Å². The van der Waals surface area contributed by atoms with Crippen molar-refractivity contribution in [3.8, 4) is 0 Å². The number of esters is 1. The molecule has 2 aliphatic rings. The number of cyclic esters (lactones) is 1. The van der Waals surface area contributed by atoms with E-state index in [1.54, 1.807) is 12.2 Å². The van der Waals surface area contributed by atoms with Crippen molar-refractivity contribution >= 4 is 5.97 Å². The van der Waals surface area contributed by atoms with Gasteiger partial charge in [-0.15, -0.1) is 0 Å². The minimum Gasteiger partial charge on any atom is -0.462 e. The van der Waals surface area contributed by atoms with E-state index >= 15 is 0 Å². The van der Waals surface area contributed by atoms with Crippen LogP contribution in [0.5, 0.6) is 0 Å². The molecule has 1 fully saturated rings. The van der Waals surface area contributed by atoms with Crippen molar-refractivity contribution < 1.29 is 19.7 Å². The Morgan fingerprint density at radius 2 is 2.00 bits per heavy atom. The van der Waals surface area contributed by atoms with E-state index in [1.165, 1.54) is 0 Å². The highest BCUT2D eigenvalue weighted by Crippen LogP contribution is 2.46. The Hall–Kier alpha value is -1.65. The van der Waals surface area contributed by atoms with Crippen molar-refractivity contribution in [1.82, 2.24) is 0 Å². The Kier molecular flexibility index (Phi) is 8.86. The molecule has 1 heterocycles. The molecule has 0 aromatic carbocycles. The lowest BCUT2D eigenvalue weighted by Gasteiger charge is -2.19. The van der Waals surface area contributed by atoms with Crippen LogP contribution in [0.25, 0.3) is 0 Å². The first-order valence-electron chi connectivity index (χ1n) is 9.80. The summed E-state index contributed by atoms with van der Waals surface area (Å²) in [5.74, 6) is 0.175. The maximum absolute atomic E-state index is 11.7. The molecule has 0 bridgehead atoms. The van der Waals surface area contributed by atoms with Gasteiger partial charge in [0, 0.05) is 18.8 Å². The average Bonchev–Trinajstić information content (AvgIpc) is 3.39. The van der Waals surface area contributed by atoms with E-state index in [-0.39, 0.29) is 23.9 Å². The van der Waals surface area contributed by atoms with Gasteiger partial charge in [-0.2, -0.15) is 0 Å². The van der Waals surface area contributed by atoms with Crippen molar-refractivity contribution in [2.45, 2.75) is 70.2 Å². The molecule has 0 amide bonds. The van der Waals surface area contributed by atoms with Crippen molar-refractivity contribution in [2.75, 3.05) is 0 Å². The fourth-order valence-electron chi connectivity index (χ4n) is 3.28. The monoisotopic (exact) mass is 360 g/mol. The van der Waals surface area contributed by atoms with Crippen LogP contribution in [0.4, 0.5) is 0 Å². The molecular weight excluding hydrogens is 328 g/mol. The van der Waals surface area contributed by atoms with Gasteiger partial charge in [0.2, 0.25) is 0 Å². The zero-order chi connectivity index (χ0) is 18.8. The molecule has 26 heavy (non-hydrogen) atoms. The second-order valence-corrected chi connectivity index (χ2v) is 7.10. The predicted octanol–water partition coefficient (Wildman–Crippen LogP) is 3.86. The van der Waals surface area contributed by atoms with Gasteiger partial charge in [-0.3, -0.25) is 4.79 Å². The third-order valence-corrected chi connectivity index (χ3v) is 4.89. The zero-order valence-electron chi connectivity index (χ0n) is 15.7. The fraction of sp³-hybridized carbons (Fsp3) is 0.591. The topological polar surface area (TPSA) is 66.8 Å². The second-order valence-electron chi connectivity index (χ2n) is 7.10. The van der Waals surface area contributed by atoms with Crippen LogP contribution in [0.1, 0.15) is 51.9 Å². The summed E-state index contributed by atoms with van der Waals surface area (Å²) in [6.45, 7) is 2.10. The van der Waals surface area contributed by atoms with Crippen LogP contribution in [0.2, 0.25) is 0 Å². The second kappa shape index (κ2) is 11.1. The molecule has 0 spiro atoms. The van der Waals surface area contributed by atoms with Crippen molar-refractivity contribution in [3.63, 3.8) is 0 Å². The smallest absolute Gasteiger partial charge is 0.306 e. The standard InChI is InChI=1S/C22H32O4/c1-2-3-4-5-6-8-11-17(23)14-15-20(24)18-16-19(18)21-12-9-7-10-13-22(25)26-21/h3-4,6-9,14-15,17-21,23-24H,2,5,10-13,16H2,1H3. The Morgan fingerprint density at radius 3 is 2.81 bits per heavy atom. The van der Waals surface area contributed by atoms with Gasteiger partial charge in [-0.05, 0) is 38.0 Å². The minimum absolute atomic E-state index is 0.110. The molecule has 4 nitrogen and oxygen atoms in total. The van der Waals surface area contributed by atoms with E-state index in [1.807, 2.05) is 18.2 Å². The van der Waals surface area contributed by atoms with E-state index in [0.29, 0.717) is 12.8 Å². The molecule has 0 aromatic rings. The molecule has 5 unspecified atom stereocenters. The number of aliphatic hydroxyl groups excluding tert-OH is 2. The minimum atomic E-state index is -0.598. The zero-order valence-corrected chi connectivity index (χ0v) is 15.7. The van der Waals surface area contributed by atoms with E-state index in [0.717, 1.165) is 32.1 Å². The van der Waals surface area contributed by atoms with E-state index < -0.39 is 12.2 Å². The summed E-state index contributed by atoms with van der Waals surface area (Å²) in [4.78, 5) is 11.7. The maximum atomic E-state index is 11.7. The van der Waals surface area contributed by atoms with Gasteiger partial charge in [-0.25, -0.2) is 0 Å². The van der Waals surface area contributed by atoms with Crippen molar-refractivity contribution in [1.29, 1.82) is 0 Å². The largest absolute Gasteiger partial charge is 0.462 e. The Morgan fingerprint density at radius 1 is 1.19 bits per heavy atom. The highest BCUT2D eigenvalue weighted by molar-refractivity contribution is 5.70. The maximum Gasteiger partial charge on any atom is 0.306 e. The summed E-state index contributed by atoms with van der Waals surface area (Å²) in [5, 5.41) is 20.3. The third-order valence-electron chi connectivity index (χ3n) is 4.89. The van der Waals surface area contributed by atoms with Gasteiger partial charge in [0.15, 0.2) is 0 Å². The number of ether oxygens (including phenoxy) is 1. The number of allylic oxidation sites excluding steroid dienone is 4. The number of rotatable bonds is 9. The molecule has 1 aliphatic carbocycles. The van der Waals surface area contributed by atoms with Crippen molar-refractivity contribution in [2.24, 2.45) is 11.8 Å². The average molecular weight is 360 g/mol. The Labute approximate surface area is 156 Å². The van der Waals surface area contributed by atoms with Gasteiger partial charge < -0.3 is 14.9 Å². The number of hydrogen-bond donors (Lipinski definition) is 2. The van der Waals surface area contributed by atoms with Gasteiger partial charge in [0.1, 0.15) is 6.10 Å². The van der Waals surface area contributed by atoms with Crippen LogP contribution in [0.3, 0.4) is 0 Å². The molecular formula is C22H32O4. The molecule has 0 aromatic heterocycles. The van der Waals surface area contributed by atoms with E-state index in [2.05, 4.69) is 25.2 Å². The molecule has 1 aliphatic heterocycles. The first kappa shape index (κ1) is 20.7.